The van der Waals surface area contributed by atoms with Crippen molar-refractivity contribution in [2.45, 2.75) is 51.9 Å². The van der Waals surface area contributed by atoms with E-state index < -0.39 is 11.8 Å². The zero-order chi connectivity index (χ0) is 22.3. The van der Waals surface area contributed by atoms with Gasteiger partial charge in [0.2, 0.25) is 0 Å². The summed E-state index contributed by atoms with van der Waals surface area (Å²) in [7, 11) is 0. The molecule has 1 aliphatic carbocycles. The number of ketones is 1. The summed E-state index contributed by atoms with van der Waals surface area (Å²) in [5.74, 6) is -1.99. The standard InChI is InChI=1S/C18H19ClN2O2S.C5H11N/c1-18(2)7-13(22)16(14(23)8-18)15(12(9-20)17(21)24)10-3-5-11(19)6-4-10;1-2-4-6-5-3-1/h3-6,12,15,22H,7-8H2,1-2H3,(H2,21,24);6H,1-5H2. The van der Waals surface area contributed by atoms with Crippen LogP contribution in [0.5, 0.6) is 0 Å². The third kappa shape index (κ3) is 6.53. The molecule has 4 N–H and O–H groups in total. The van der Waals surface area contributed by atoms with Gasteiger partial charge in [-0.2, -0.15) is 5.26 Å². The molecule has 2 unspecified atom stereocenters. The molecule has 1 heterocycles. The van der Waals surface area contributed by atoms with Crippen LogP contribution in [-0.4, -0.2) is 29.0 Å². The number of rotatable bonds is 4. The largest absolute Gasteiger partial charge is 0.764 e. The number of aliphatic hydroxyl groups is 1. The van der Waals surface area contributed by atoms with Gasteiger partial charge in [0.15, 0.2) is 5.78 Å². The summed E-state index contributed by atoms with van der Waals surface area (Å²) in [6.07, 6.45) is 4.98. The summed E-state index contributed by atoms with van der Waals surface area (Å²) in [5, 5.41) is 30.4. The fourth-order valence-corrected chi connectivity index (χ4v) is 4.35. The minimum absolute atomic E-state index is 0.0206. The number of piperidine rings is 1. The van der Waals surface area contributed by atoms with E-state index >= 15 is 0 Å². The summed E-state index contributed by atoms with van der Waals surface area (Å²) >= 11 is 10.8. The maximum Gasteiger partial charge on any atom is 0.163 e. The summed E-state index contributed by atoms with van der Waals surface area (Å²) in [5.41, 5.74) is 0.492. The molecule has 1 aliphatic heterocycles. The highest BCUT2D eigenvalue weighted by atomic mass is 35.5. The number of allylic oxidation sites excluding steroid dienone is 2. The van der Waals surface area contributed by atoms with Crippen LogP contribution in [0, 0.1) is 28.1 Å². The highest BCUT2D eigenvalue weighted by Crippen LogP contribution is 2.43. The molecule has 0 bridgehead atoms. The number of aliphatic hydroxyl groups excluding tert-OH is 1. The van der Waals surface area contributed by atoms with E-state index in [4.69, 9.17) is 29.6 Å². The number of carbonyl (C=O) groups is 1. The molecule has 0 spiro atoms. The predicted octanol–water partition coefficient (Wildman–Crippen LogP) is 4.02. The molecule has 1 aromatic carbocycles. The van der Waals surface area contributed by atoms with E-state index in [1.807, 2.05) is 19.9 Å². The first kappa shape index (κ1) is 24.3. The van der Waals surface area contributed by atoms with E-state index in [0.29, 0.717) is 17.0 Å². The number of nitrogens with one attached hydrogen (secondary N) is 1. The molecule has 2 atom stereocenters. The van der Waals surface area contributed by atoms with Crippen molar-refractivity contribution in [3.8, 4) is 6.07 Å². The van der Waals surface area contributed by atoms with Crippen molar-refractivity contribution < 1.29 is 15.2 Å². The number of nitrogens with zero attached hydrogens (tertiary/aromatic N) is 1. The molecule has 0 saturated carbocycles. The van der Waals surface area contributed by atoms with Gasteiger partial charge in [0.1, 0.15) is 5.76 Å². The van der Waals surface area contributed by atoms with Crippen LogP contribution in [0.25, 0.3) is 0 Å². The van der Waals surface area contributed by atoms with Crippen molar-refractivity contribution in [3.05, 3.63) is 46.2 Å². The number of hydrogen-bond acceptors (Lipinski definition) is 5. The highest BCUT2D eigenvalue weighted by Gasteiger charge is 2.39. The number of nitrogens with two attached hydrogens (primary N) is 1. The van der Waals surface area contributed by atoms with Crippen LogP contribution in [0.3, 0.4) is 0 Å². The second-order valence-electron chi connectivity index (χ2n) is 8.73. The average molecular weight is 448 g/mol. The topological polar surface area (TPSA) is 102 Å². The SMILES string of the molecule is C1CC[NH2+]CC1.CC1(C)CC(=O)C(C(c2ccc(Cl)cc2)C(C#N)C(=N)[S-])=C(O)C1. The highest BCUT2D eigenvalue weighted by molar-refractivity contribution is 7.77. The van der Waals surface area contributed by atoms with Crippen molar-refractivity contribution in [2.24, 2.45) is 11.3 Å². The first-order valence-corrected chi connectivity index (χ1v) is 11.1. The fraction of sp³-hybridized carbons (Fsp3) is 0.522. The number of quaternary nitrogens is 1. The molecule has 3 rings (SSSR count). The molecule has 0 amide bonds. The Hall–Kier alpha value is -1.94. The Kier molecular flexibility index (Phi) is 8.84. The molecule has 1 aromatic rings. The van der Waals surface area contributed by atoms with Crippen molar-refractivity contribution in [3.63, 3.8) is 0 Å². The van der Waals surface area contributed by atoms with E-state index in [0.717, 1.165) is 0 Å². The van der Waals surface area contributed by atoms with E-state index in [2.05, 4.69) is 5.32 Å². The van der Waals surface area contributed by atoms with Crippen molar-refractivity contribution in [1.29, 1.82) is 10.7 Å². The first-order chi connectivity index (χ1) is 14.2. The zero-order valence-electron chi connectivity index (χ0n) is 17.6. The van der Waals surface area contributed by atoms with E-state index in [-0.39, 0.29) is 34.0 Å². The molecule has 2 aliphatic rings. The van der Waals surface area contributed by atoms with Crippen LogP contribution in [0.15, 0.2) is 35.6 Å². The molecule has 5 nitrogen and oxygen atoms in total. The van der Waals surface area contributed by atoms with Gasteiger partial charge in [-0.25, -0.2) is 0 Å². The molecule has 7 heteroatoms. The van der Waals surface area contributed by atoms with Gasteiger partial charge in [-0.15, -0.1) is 0 Å². The summed E-state index contributed by atoms with van der Waals surface area (Å²) in [6, 6.07) is 8.72. The zero-order valence-corrected chi connectivity index (χ0v) is 19.2. The van der Waals surface area contributed by atoms with Crippen molar-refractivity contribution in [1.82, 2.24) is 0 Å². The molecular weight excluding hydrogens is 418 g/mol. The lowest BCUT2D eigenvalue weighted by molar-refractivity contribution is -0.662. The number of Topliss-reactive ketones (excluding diaryl/α,β-unsaturated/α-hetero) is 1. The number of benzene rings is 1. The number of hydrogen-bond donors (Lipinski definition) is 3. The van der Waals surface area contributed by atoms with E-state index in [9.17, 15) is 15.2 Å². The Morgan fingerprint density at radius 3 is 2.23 bits per heavy atom. The van der Waals surface area contributed by atoms with E-state index in [1.165, 1.54) is 32.4 Å². The maximum atomic E-state index is 12.7. The summed E-state index contributed by atoms with van der Waals surface area (Å²) in [6.45, 7) is 6.57. The number of carbonyl (C=O) groups excluding carboxylic acids is 1. The number of halogens is 1. The van der Waals surface area contributed by atoms with Crippen molar-refractivity contribution >= 4 is 35.1 Å². The van der Waals surface area contributed by atoms with Crippen molar-refractivity contribution in [2.75, 3.05) is 13.1 Å². The minimum Gasteiger partial charge on any atom is -0.764 e. The van der Waals surface area contributed by atoms with Gasteiger partial charge in [-0.05, 0) is 42.4 Å². The number of nitriles is 1. The van der Waals surface area contributed by atoms with Crippen LogP contribution < -0.4 is 5.32 Å². The summed E-state index contributed by atoms with van der Waals surface area (Å²) in [4.78, 5) is 12.7. The first-order valence-electron chi connectivity index (χ1n) is 10.3. The lowest BCUT2D eigenvalue weighted by atomic mass is 9.70. The third-order valence-electron chi connectivity index (χ3n) is 5.51. The smallest absolute Gasteiger partial charge is 0.163 e. The minimum atomic E-state index is -0.997. The molecule has 1 saturated heterocycles. The second kappa shape index (κ2) is 10.9. The quantitative estimate of drug-likeness (QED) is 0.368. The van der Waals surface area contributed by atoms with Crippen LogP contribution in [0.2, 0.25) is 5.02 Å². The fourth-order valence-electron chi connectivity index (χ4n) is 4.03. The lowest BCUT2D eigenvalue weighted by Crippen LogP contribution is -2.85. The molecule has 30 heavy (non-hydrogen) atoms. The lowest BCUT2D eigenvalue weighted by Gasteiger charge is -2.35. The third-order valence-corrected chi connectivity index (χ3v) is 6.01. The van der Waals surface area contributed by atoms with Gasteiger partial charge in [0.25, 0.3) is 0 Å². The van der Waals surface area contributed by atoms with Crippen LogP contribution in [0.4, 0.5) is 0 Å². The average Bonchev–Trinajstić information content (AvgIpc) is 2.68. The van der Waals surface area contributed by atoms with Crippen LogP contribution in [0.1, 0.15) is 57.4 Å². The Morgan fingerprint density at radius 2 is 1.83 bits per heavy atom. The van der Waals surface area contributed by atoms with Gasteiger partial charge in [-0.3, -0.25) is 4.79 Å². The second-order valence-corrected chi connectivity index (χ2v) is 9.60. The Morgan fingerprint density at radius 1 is 1.23 bits per heavy atom. The van der Waals surface area contributed by atoms with Gasteiger partial charge in [0, 0.05) is 29.4 Å². The summed E-state index contributed by atoms with van der Waals surface area (Å²) < 4.78 is 0. The van der Waals surface area contributed by atoms with Gasteiger partial charge < -0.3 is 28.5 Å². The predicted molar refractivity (Wildman–Crippen MR) is 122 cm³/mol. The molecule has 0 aromatic heterocycles. The van der Waals surface area contributed by atoms with Crippen LogP contribution in [-0.2, 0) is 17.4 Å². The van der Waals surface area contributed by atoms with Crippen LogP contribution >= 0.6 is 11.6 Å². The molecule has 0 radical (unpaired) electrons. The molecular formula is C23H30ClN3O2S. The monoisotopic (exact) mass is 447 g/mol. The Bertz CT molecular complexity index is 827. The normalized spacial score (nSPS) is 20.4. The Balaban J connectivity index is 0.000000456. The van der Waals surface area contributed by atoms with Gasteiger partial charge in [0.05, 0.1) is 25.1 Å². The van der Waals surface area contributed by atoms with E-state index in [1.54, 1.807) is 24.3 Å². The molecule has 1 fully saturated rings. The Labute approximate surface area is 189 Å². The van der Waals surface area contributed by atoms with Gasteiger partial charge in [-0.1, -0.05) is 42.6 Å². The molecule has 162 valence electrons. The van der Waals surface area contributed by atoms with Gasteiger partial charge >= 0.3 is 0 Å². The maximum absolute atomic E-state index is 12.7.